The van der Waals surface area contributed by atoms with E-state index in [1.807, 2.05) is 30.3 Å². The fraction of sp³-hybridized carbons (Fsp3) is 0. The average Bonchev–Trinajstić information content (AvgIpc) is 3.04. The molecule has 0 amide bonds. The molecule has 2 heterocycles. The topological polar surface area (TPSA) is 26.0 Å². The fourth-order valence-corrected chi connectivity index (χ4v) is 3.51. The van der Waals surface area contributed by atoms with Crippen LogP contribution in [0, 0.1) is 0 Å². The van der Waals surface area contributed by atoms with Crippen LogP contribution < -0.4 is 0 Å². The maximum absolute atomic E-state index is 5.85. The third-order valence-electron chi connectivity index (χ3n) is 3.07. The summed E-state index contributed by atoms with van der Waals surface area (Å²) < 4.78 is 6.93. The van der Waals surface area contributed by atoms with E-state index in [2.05, 4.69) is 39.1 Å². The van der Waals surface area contributed by atoms with Crippen LogP contribution in [0.15, 0.2) is 56.7 Å². The molecule has 0 saturated carbocycles. The third kappa shape index (κ3) is 1.79. The number of halogens is 1. The molecule has 19 heavy (non-hydrogen) atoms. The monoisotopic (exact) mass is 329 g/mol. The molecule has 4 rings (SSSR count). The Bertz CT molecular complexity index is 893. The van der Waals surface area contributed by atoms with Crippen LogP contribution in [0.2, 0.25) is 0 Å². The lowest BCUT2D eigenvalue weighted by molar-refractivity contribution is 0.622. The molecule has 0 saturated heterocycles. The van der Waals surface area contributed by atoms with Gasteiger partial charge in [0.05, 0.1) is 8.66 Å². The Balaban J connectivity index is 2.03. The van der Waals surface area contributed by atoms with Crippen molar-refractivity contribution in [1.82, 2.24) is 4.98 Å². The molecule has 0 aliphatic rings. The van der Waals surface area contributed by atoms with E-state index in [-0.39, 0.29) is 0 Å². The van der Waals surface area contributed by atoms with E-state index in [9.17, 15) is 0 Å². The van der Waals surface area contributed by atoms with Gasteiger partial charge in [-0.25, -0.2) is 4.98 Å². The average molecular weight is 330 g/mol. The molecule has 0 aliphatic carbocycles. The minimum absolute atomic E-state index is 0.682. The molecule has 4 heteroatoms. The smallest absolute Gasteiger partial charge is 0.237 e. The van der Waals surface area contributed by atoms with Gasteiger partial charge in [0.1, 0.15) is 5.52 Å². The molecule has 2 aromatic heterocycles. The maximum atomic E-state index is 5.85. The highest BCUT2D eigenvalue weighted by Gasteiger charge is 2.12. The SMILES string of the molecule is Brc1ccc(-c2nc3c(ccc4ccccc43)o2)s1. The zero-order valence-corrected chi connectivity index (χ0v) is 12.2. The first-order chi connectivity index (χ1) is 9.31. The predicted molar refractivity (Wildman–Crippen MR) is 82.5 cm³/mol. The van der Waals surface area contributed by atoms with Crippen LogP contribution in [0.1, 0.15) is 0 Å². The largest absolute Gasteiger partial charge is 0.435 e. The van der Waals surface area contributed by atoms with E-state index in [1.54, 1.807) is 11.3 Å². The summed E-state index contributed by atoms with van der Waals surface area (Å²) in [5.74, 6) is 0.682. The van der Waals surface area contributed by atoms with Crippen molar-refractivity contribution in [3.8, 4) is 10.8 Å². The number of hydrogen-bond acceptors (Lipinski definition) is 3. The molecule has 0 atom stereocenters. The summed E-state index contributed by atoms with van der Waals surface area (Å²) in [6, 6.07) is 16.3. The molecule has 2 aromatic carbocycles. The van der Waals surface area contributed by atoms with Gasteiger partial charge < -0.3 is 4.42 Å². The fourth-order valence-electron chi connectivity index (χ4n) is 2.20. The van der Waals surface area contributed by atoms with Gasteiger partial charge in [-0.2, -0.15) is 0 Å². The second-order valence-corrected chi connectivity index (χ2v) is 6.72. The lowest BCUT2D eigenvalue weighted by Crippen LogP contribution is -1.74. The number of nitrogens with zero attached hydrogens (tertiary/aromatic N) is 1. The van der Waals surface area contributed by atoms with Crippen molar-refractivity contribution < 1.29 is 4.42 Å². The molecule has 4 aromatic rings. The lowest BCUT2D eigenvalue weighted by atomic mass is 10.1. The van der Waals surface area contributed by atoms with Gasteiger partial charge in [-0.1, -0.05) is 30.3 Å². The Morgan fingerprint density at radius 3 is 2.74 bits per heavy atom. The number of fused-ring (bicyclic) bond motifs is 3. The molecule has 2 nitrogen and oxygen atoms in total. The predicted octanol–water partition coefficient (Wildman–Crippen LogP) is 5.47. The van der Waals surface area contributed by atoms with Crippen LogP contribution in [0.5, 0.6) is 0 Å². The zero-order chi connectivity index (χ0) is 12.8. The van der Waals surface area contributed by atoms with Gasteiger partial charge in [0.15, 0.2) is 5.58 Å². The number of hydrogen-bond donors (Lipinski definition) is 0. The van der Waals surface area contributed by atoms with Crippen LogP contribution >= 0.6 is 27.3 Å². The van der Waals surface area contributed by atoms with Gasteiger partial charge in [-0.15, -0.1) is 11.3 Å². The van der Waals surface area contributed by atoms with Gasteiger partial charge in [-0.3, -0.25) is 0 Å². The number of aromatic nitrogens is 1. The minimum atomic E-state index is 0.682. The summed E-state index contributed by atoms with van der Waals surface area (Å²) in [6.07, 6.45) is 0. The van der Waals surface area contributed by atoms with Crippen molar-refractivity contribution in [2.24, 2.45) is 0 Å². The quantitative estimate of drug-likeness (QED) is 0.462. The van der Waals surface area contributed by atoms with Crippen LogP contribution in [0.3, 0.4) is 0 Å². The van der Waals surface area contributed by atoms with Crippen LogP contribution in [0.4, 0.5) is 0 Å². The van der Waals surface area contributed by atoms with Crippen molar-refractivity contribution in [2.75, 3.05) is 0 Å². The van der Waals surface area contributed by atoms with Crippen LogP contribution in [-0.4, -0.2) is 4.98 Å². The first-order valence-electron chi connectivity index (χ1n) is 5.85. The highest BCUT2D eigenvalue weighted by molar-refractivity contribution is 9.11. The molecule has 0 bridgehead atoms. The maximum Gasteiger partial charge on any atom is 0.237 e. The Hall–Kier alpha value is -1.65. The van der Waals surface area contributed by atoms with E-state index in [4.69, 9.17) is 4.42 Å². The molecular weight excluding hydrogens is 322 g/mol. The summed E-state index contributed by atoms with van der Waals surface area (Å²) in [6.45, 7) is 0. The van der Waals surface area contributed by atoms with E-state index >= 15 is 0 Å². The summed E-state index contributed by atoms with van der Waals surface area (Å²) in [4.78, 5) is 5.68. The molecule has 0 radical (unpaired) electrons. The summed E-state index contributed by atoms with van der Waals surface area (Å²) in [5, 5.41) is 2.31. The number of thiophene rings is 1. The van der Waals surface area contributed by atoms with E-state index in [0.29, 0.717) is 5.89 Å². The zero-order valence-electron chi connectivity index (χ0n) is 9.76. The number of oxazole rings is 1. The Kier molecular flexibility index (Phi) is 2.47. The first-order valence-corrected chi connectivity index (χ1v) is 7.46. The lowest BCUT2D eigenvalue weighted by Gasteiger charge is -1.95. The van der Waals surface area contributed by atoms with Crippen molar-refractivity contribution in [3.63, 3.8) is 0 Å². The van der Waals surface area contributed by atoms with E-state index < -0.39 is 0 Å². The number of benzene rings is 2. The van der Waals surface area contributed by atoms with Crippen molar-refractivity contribution >= 4 is 49.1 Å². The Morgan fingerprint density at radius 2 is 1.89 bits per heavy atom. The highest BCUT2D eigenvalue weighted by atomic mass is 79.9. The molecule has 0 N–H and O–H groups in total. The van der Waals surface area contributed by atoms with E-state index in [0.717, 1.165) is 25.1 Å². The second-order valence-electron chi connectivity index (χ2n) is 4.26. The minimum Gasteiger partial charge on any atom is -0.435 e. The van der Waals surface area contributed by atoms with Gasteiger partial charge in [0, 0.05) is 5.39 Å². The third-order valence-corrected chi connectivity index (χ3v) is 4.68. The Morgan fingerprint density at radius 1 is 1.00 bits per heavy atom. The van der Waals surface area contributed by atoms with Crippen molar-refractivity contribution in [1.29, 1.82) is 0 Å². The summed E-state index contributed by atoms with van der Waals surface area (Å²) >= 11 is 5.08. The highest BCUT2D eigenvalue weighted by Crippen LogP contribution is 2.34. The van der Waals surface area contributed by atoms with E-state index in [1.165, 1.54) is 5.39 Å². The molecule has 0 aliphatic heterocycles. The first kappa shape index (κ1) is 11.2. The molecule has 92 valence electrons. The molecular formula is C15H8BrNOS. The molecule has 0 unspecified atom stereocenters. The van der Waals surface area contributed by atoms with Gasteiger partial charge in [0.25, 0.3) is 0 Å². The van der Waals surface area contributed by atoms with Gasteiger partial charge in [0.2, 0.25) is 5.89 Å². The normalized spacial score (nSPS) is 11.4. The Labute approximate surface area is 121 Å². The van der Waals surface area contributed by atoms with Gasteiger partial charge >= 0.3 is 0 Å². The number of rotatable bonds is 1. The van der Waals surface area contributed by atoms with Crippen LogP contribution in [0.25, 0.3) is 32.6 Å². The molecule has 0 fully saturated rings. The van der Waals surface area contributed by atoms with Crippen molar-refractivity contribution in [2.45, 2.75) is 0 Å². The van der Waals surface area contributed by atoms with Gasteiger partial charge in [-0.05, 0) is 39.5 Å². The van der Waals surface area contributed by atoms with Crippen LogP contribution in [-0.2, 0) is 0 Å². The second kappa shape index (κ2) is 4.18. The van der Waals surface area contributed by atoms with Crippen molar-refractivity contribution in [3.05, 3.63) is 52.3 Å². The summed E-state index contributed by atoms with van der Waals surface area (Å²) in [7, 11) is 0. The summed E-state index contributed by atoms with van der Waals surface area (Å²) in [5.41, 5.74) is 1.76. The standard InChI is InChI=1S/C15H8BrNOS/c16-13-8-7-12(19-13)15-17-14-10-4-2-1-3-9(10)5-6-11(14)18-15/h1-8H. The molecule has 0 spiro atoms.